The van der Waals surface area contributed by atoms with Gasteiger partial charge in [-0.05, 0) is 36.3 Å². The number of aromatic nitrogens is 5. The Morgan fingerprint density at radius 1 is 1.40 bits per heavy atom. The van der Waals surface area contributed by atoms with Crippen molar-refractivity contribution in [2.75, 3.05) is 0 Å². The second-order valence-corrected chi connectivity index (χ2v) is 6.15. The Bertz CT molecular complexity index is 730. The second-order valence-electron chi connectivity index (χ2n) is 4.19. The first kappa shape index (κ1) is 13.3. The van der Waals surface area contributed by atoms with Gasteiger partial charge in [-0.3, -0.25) is 0 Å². The van der Waals surface area contributed by atoms with Crippen LogP contribution in [0.3, 0.4) is 0 Å². The molecule has 0 aromatic carbocycles. The minimum Gasteiger partial charge on any atom is -0.469 e. The summed E-state index contributed by atoms with van der Waals surface area (Å²) in [6, 6.07) is 1.90. The first-order valence-electron chi connectivity index (χ1n) is 6.13. The largest absolute Gasteiger partial charge is 0.469 e. The highest BCUT2D eigenvalue weighted by molar-refractivity contribution is 8.00. The van der Waals surface area contributed by atoms with E-state index in [1.807, 2.05) is 31.5 Å². The molecule has 104 valence electrons. The van der Waals surface area contributed by atoms with Crippen molar-refractivity contribution >= 4 is 23.3 Å². The van der Waals surface area contributed by atoms with Gasteiger partial charge in [0.25, 0.3) is 0 Å². The van der Waals surface area contributed by atoms with Gasteiger partial charge in [0.1, 0.15) is 11.6 Å². The molecule has 3 aromatic heterocycles. The van der Waals surface area contributed by atoms with Crippen molar-refractivity contribution < 1.29 is 4.42 Å². The molecule has 0 saturated carbocycles. The van der Waals surface area contributed by atoms with Crippen molar-refractivity contribution in [1.29, 1.82) is 0 Å². The summed E-state index contributed by atoms with van der Waals surface area (Å²) in [6.45, 7) is 3.95. The van der Waals surface area contributed by atoms with Crippen LogP contribution in [0.1, 0.15) is 18.5 Å². The Kier molecular flexibility index (Phi) is 3.58. The number of rotatable bonds is 4. The highest BCUT2D eigenvalue weighted by Crippen LogP contribution is 2.30. The normalized spacial score (nSPS) is 11.2. The van der Waals surface area contributed by atoms with Gasteiger partial charge in [0, 0.05) is 13.5 Å². The van der Waals surface area contributed by atoms with Crippen LogP contribution in [0.4, 0.5) is 0 Å². The summed E-state index contributed by atoms with van der Waals surface area (Å²) in [6.07, 6.45) is 2.50. The van der Waals surface area contributed by atoms with E-state index in [2.05, 4.69) is 19.6 Å². The first-order valence-corrected chi connectivity index (χ1v) is 7.72. The van der Waals surface area contributed by atoms with Gasteiger partial charge in [0.2, 0.25) is 0 Å². The van der Waals surface area contributed by atoms with Crippen molar-refractivity contribution in [2.45, 2.75) is 29.8 Å². The van der Waals surface area contributed by atoms with E-state index < -0.39 is 0 Å². The molecule has 6 nitrogen and oxygen atoms in total. The molecule has 0 amide bonds. The van der Waals surface area contributed by atoms with E-state index in [0.717, 1.165) is 38.9 Å². The quantitative estimate of drug-likeness (QED) is 0.738. The molecule has 0 fully saturated rings. The molecule has 0 bridgehead atoms. The first-order chi connectivity index (χ1) is 9.69. The number of furan rings is 1. The molecular weight excluding hydrogens is 294 g/mol. The summed E-state index contributed by atoms with van der Waals surface area (Å²) < 4.78 is 12.4. The molecule has 0 aliphatic rings. The lowest BCUT2D eigenvalue weighted by atomic mass is 10.2. The minimum absolute atomic E-state index is 0.791. The van der Waals surface area contributed by atoms with Gasteiger partial charge in [-0.2, -0.15) is 4.37 Å². The van der Waals surface area contributed by atoms with Gasteiger partial charge < -0.3 is 8.98 Å². The van der Waals surface area contributed by atoms with Crippen LogP contribution in [0, 0.1) is 6.92 Å². The molecule has 0 aliphatic heterocycles. The summed E-state index contributed by atoms with van der Waals surface area (Å²) in [7, 11) is 1.94. The van der Waals surface area contributed by atoms with Gasteiger partial charge in [0.05, 0.1) is 11.8 Å². The Balaban J connectivity index is 1.89. The number of aryl methyl sites for hydroxylation is 2. The highest BCUT2D eigenvalue weighted by atomic mass is 32.2. The predicted octanol–water partition coefficient (Wildman–Crippen LogP) is 2.95. The minimum atomic E-state index is 0.791. The molecule has 3 heterocycles. The zero-order valence-electron chi connectivity index (χ0n) is 11.3. The zero-order valence-corrected chi connectivity index (χ0v) is 13.0. The third kappa shape index (κ3) is 2.36. The van der Waals surface area contributed by atoms with Crippen molar-refractivity contribution in [3.63, 3.8) is 0 Å². The van der Waals surface area contributed by atoms with Crippen LogP contribution in [-0.2, 0) is 13.5 Å². The fraction of sp³-hybridized carbons (Fsp3) is 0.333. The topological polar surface area (TPSA) is 69.6 Å². The van der Waals surface area contributed by atoms with E-state index in [1.165, 1.54) is 23.3 Å². The highest BCUT2D eigenvalue weighted by Gasteiger charge is 2.16. The maximum absolute atomic E-state index is 5.31. The van der Waals surface area contributed by atoms with Crippen molar-refractivity contribution in [2.24, 2.45) is 7.05 Å². The van der Waals surface area contributed by atoms with E-state index in [4.69, 9.17) is 4.42 Å². The summed E-state index contributed by atoms with van der Waals surface area (Å²) in [4.78, 5) is 4.43. The lowest BCUT2D eigenvalue weighted by Gasteiger charge is -2.00. The number of nitrogens with zero attached hydrogens (tertiary/aromatic N) is 5. The predicted molar refractivity (Wildman–Crippen MR) is 76.9 cm³/mol. The summed E-state index contributed by atoms with van der Waals surface area (Å²) in [5, 5.41) is 9.24. The van der Waals surface area contributed by atoms with Crippen LogP contribution >= 0.6 is 23.3 Å². The third-order valence-electron chi connectivity index (χ3n) is 2.88. The maximum Gasteiger partial charge on any atom is 0.198 e. The van der Waals surface area contributed by atoms with Gasteiger partial charge in [-0.25, -0.2) is 4.98 Å². The SMILES string of the molecule is CCc1nsc(Sc2nnc(-c3ccoc3C)n2C)n1. The molecule has 3 rings (SSSR count). The zero-order chi connectivity index (χ0) is 14.1. The van der Waals surface area contributed by atoms with E-state index in [0.29, 0.717) is 0 Å². The molecule has 0 saturated heterocycles. The lowest BCUT2D eigenvalue weighted by molar-refractivity contribution is 0.534. The standard InChI is InChI=1S/C12H13N5OS2/c1-4-9-13-12(20-16-9)19-11-15-14-10(17(11)3)8-5-6-18-7(8)2/h5-6H,4H2,1-3H3. The molecule has 0 radical (unpaired) electrons. The van der Waals surface area contributed by atoms with Crippen LogP contribution in [0.25, 0.3) is 11.4 Å². The van der Waals surface area contributed by atoms with Crippen LogP contribution in [0.5, 0.6) is 0 Å². The number of hydrogen-bond acceptors (Lipinski definition) is 7. The molecule has 0 unspecified atom stereocenters. The van der Waals surface area contributed by atoms with Crippen molar-refractivity contribution in [1.82, 2.24) is 24.1 Å². The Morgan fingerprint density at radius 2 is 2.25 bits per heavy atom. The molecular formula is C12H13N5OS2. The smallest absolute Gasteiger partial charge is 0.198 e. The van der Waals surface area contributed by atoms with Crippen LogP contribution in [0.15, 0.2) is 26.2 Å². The lowest BCUT2D eigenvalue weighted by Crippen LogP contribution is -1.94. The van der Waals surface area contributed by atoms with Gasteiger partial charge in [-0.15, -0.1) is 10.2 Å². The Hall–Kier alpha value is -1.67. The van der Waals surface area contributed by atoms with Gasteiger partial charge in [0.15, 0.2) is 15.3 Å². The number of hydrogen-bond donors (Lipinski definition) is 0. The third-order valence-corrected chi connectivity index (χ3v) is 4.71. The van der Waals surface area contributed by atoms with E-state index >= 15 is 0 Å². The Labute approximate surface area is 124 Å². The molecule has 20 heavy (non-hydrogen) atoms. The summed E-state index contributed by atoms with van der Waals surface area (Å²) in [5.41, 5.74) is 0.957. The molecule has 0 N–H and O–H groups in total. The average molecular weight is 307 g/mol. The van der Waals surface area contributed by atoms with Gasteiger partial charge in [-0.1, -0.05) is 6.92 Å². The summed E-state index contributed by atoms with van der Waals surface area (Å²) >= 11 is 2.87. The van der Waals surface area contributed by atoms with Crippen molar-refractivity contribution in [3.05, 3.63) is 23.9 Å². The molecule has 0 atom stereocenters. The molecule has 8 heteroatoms. The van der Waals surface area contributed by atoms with E-state index in [1.54, 1.807) is 6.26 Å². The Morgan fingerprint density at radius 3 is 2.90 bits per heavy atom. The van der Waals surface area contributed by atoms with Crippen LogP contribution in [0.2, 0.25) is 0 Å². The molecule has 0 aliphatic carbocycles. The second kappa shape index (κ2) is 5.37. The maximum atomic E-state index is 5.31. The molecule has 0 spiro atoms. The van der Waals surface area contributed by atoms with Gasteiger partial charge >= 0.3 is 0 Å². The average Bonchev–Trinajstić information content (AvgIpc) is 3.13. The molecule has 3 aromatic rings. The fourth-order valence-electron chi connectivity index (χ4n) is 1.76. The van der Waals surface area contributed by atoms with Crippen molar-refractivity contribution in [3.8, 4) is 11.4 Å². The van der Waals surface area contributed by atoms with Crippen LogP contribution in [-0.4, -0.2) is 24.1 Å². The van der Waals surface area contributed by atoms with Crippen LogP contribution < -0.4 is 0 Å². The van der Waals surface area contributed by atoms with E-state index in [9.17, 15) is 0 Å². The monoisotopic (exact) mass is 307 g/mol. The van der Waals surface area contributed by atoms with E-state index in [-0.39, 0.29) is 0 Å². The summed E-state index contributed by atoms with van der Waals surface area (Å²) in [5.74, 6) is 2.49. The fourth-order valence-corrected chi connectivity index (χ4v) is 3.35.